The lowest BCUT2D eigenvalue weighted by atomic mass is 9.86. The number of aryl methyl sites for hydroxylation is 2. The molecule has 10 heteroatoms. The van der Waals surface area contributed by atoms with Gasteiger partial charge in [0.2, 0.25) is 5.95 Å². The number of rotatable bonds is 9. The number of hydrogen-bond donors (Lipinski definition) is 3. The molecule has 1 aliphatic rings. The maximum absolute atomic E-state index is 15.1. The number of halogens is 2. The van der Waals surface area contributed by atoms with Crippen molar-refractivity contribution in [3.8, 4) is 0 Å². The van der Waals surface area contributed by atoms with Crippen LogP contribution in [0.1, 0.15) is 89.0 Å². The third kappa shape index (κ3) is 9.27. The Morgan fingerprint density at radius 1 is 1.07 bits per heavy atom. The molecule has 4 rings (SSSR count). The lowest BCUT2D eigenvalue weighted by molar-refractivity contribution is -0.0980. The van der Waals surface area contributed by atoms with Gasteiger partial charge in [-0.15, -0.1) is 0 Å². The highest BCUT2D eigenvalue weighted by atomic mass is 35.5. The number of hydrogen-bond acceptors (Lipinski definition) is 7. The highest BCUT2D eigenvalue weighted by molar-refractivity contribution is 6.32. The number of unbranched alkanes of at least 4 members (excludes halogenated alkanes) is 1. The summed E-state index contributed by atoms with van der Waals surface area (Å²) in [5.41, 5.74) is 3.43. The number of carbonyl (C=O) groups is 1. The molecule has 0 amide bonds. The van der Waals surface area contributed by atoms with Crippen molar-refractivity contribution in [3.05, 3.63) is 52.1 Å². The first kappa shape index (κ1) is 33.2. The largest absolute Gasteiger partial charge is 0.322 e. The number of piperidine rings is 1. The van der Waals surface area contributed by atoms with Gasteiger partial charge in [-0.25, -0.2) is 9.37 Å². The maximum atomic E-state index is 15.1. The third-order valence-electron chi connectivity index (χ3n) is 7.23. The molecule has 2 aromatic heterocycles. The molecular weight excluding hydrogens is 529 g/mol. The second-order valence-electron chi connectivity index (χ2n) is 10.0. The van der Waals surface area contributed by atoms with Crippen molar-refractivity contribution >= 4 is 41.7 Å². The molecule has 3 aromatic rings. The summed E-state index contributed by atoms with van der Waals surface area (Å²) < 4.78 is 15.1. The Morgan fingerprint density at radius 3 is 2.27 bits per heavy atom. The van der Waals surface area contributed by atoms with Gasteiger partial charge in [0.1, 0.15) is 17.6 Å². The Bertz CT molecular complexity index is 1170. The van der Waals surface area contributed by atoms with Crippen LogP contribution >= 0.6 is 11.6 Å². The van der Waals surface area contributed by atoms with E-state index in [2.05, 4.69) is 63.4 Å². The molecule has 0 spiro atoms. The van der Waals surface area contributed by atoms with Crippen LogP contribution in [-0.4, -0.2) is 51.0 Å². The van der Waals surface area contributed by atoms with Gasteiger partial charge in [-0.1, -0.05) is 52.1 Å². The van der Waals surface area contributed by atoms with Gasteiger partial charge in [0.25, 0.3) is 0 Å². The summed E-state index contributed by atoms with van der Waals surface area (Å²) in [5, 5.41) is 13.4. The number of carbonyl (C=O) groups excluding carboxylic acids is 1. The van der Waals surface area contributed by atoms with E-state index in [1.54, 1.807) is 6.07 Å². The summed E-state index contributed by atoms with van der Waals surface area (Å²) in [4.78, 5) is 19.2. The molecule has 0 aliphatic carbocycles. The Hall–Kier alpha value is -3.04. The summed E-state index contributed by atoms with van der Waals surface area (Å²) in [5.74, 6) is 1.31. The van der Waals surface area contributed by atoms with Crippen LogP contribution in [0.25, 0.3) is 0 Å². The normalized spacial score (nSPS) is 13.7. The fourth-order valence-corrected chi connectivity index (χ4v) is 4.99. The van der Waals surface area contributed by atoms with Crippen molar-refractivity contribution in [3.63, 3.8) is 0 Å². The minimum absolute atomic E-state index is 0.253. The first-order valence-corrected chi connectivity index (χ1v) is 14.6. The molecule has 8 nitrogen and oxygen atoms in total. The van der Waals surface area contributed by atoms with Gasteiger partial charge in [-0.3, -0.25) is 5.10 Å². The van der Waals surface area contributed by atoms with E-state index in [1.807, 2.05) is 32.8 Å². The summed E-state index contributed by atoms with van der Waals surface area (Å²) in [6.45, 7) is 17.0. The number of H-pyrrole nitrogens is 1. The number of aromatic nitrogens is 4. The summed E-state index contributed by atoms with van der Waals surface area (Å²) in [6.07, 6.45) is 8.60. The minimum atomic E-state index is -0.306. The number of nitrogens with one attached hydrogen (secondary N) is 3. The number of anilines is 4. The fourth-order valence-electron chi connectivity index (χ4n) is 4.85. The van der Waals surface area contributed by atoms with Crippen molar-refractivity contribution < 1.29 is 9.18 Å². The molecule has 0 atom stereocenters. The first-order chi connectivity index (χ1) is 19.3. The molecule has 1 aromatic carbocycles. The van der Waals surface area contributed by atoms with E-state index >= 15 is 4.39 Å². The first-order valence-electron chi connectivity index (χ1n) is 14.2. The SMILES string of the molecule is C=O.CCC(CC)N1CCC(c2cc(F)c(Nc3ncc(Cl)c(Nc4cc(C)[nH]n4)n3)cc2C)CC1.CCCC. The highest BCUT2D eigenvalue weighted by Crippen LogP contribution is 2.34. The molecule has 3 N–H and O–H groups in total. The molecule has 1 saturated heterocycles. The number of benzene rings is 1. The molecule has 0 radical (unpaired) electrons. The molecule has 0 unspecified atom stereocenters. The van der Waals surface area contributed by atoms with Crippen LogP contribution in [0.15, 0.2) is 24.4 Å². The third-order valence-corrected chi connectivity index (χ3v) is 7.50. The standard InChI is InChI=1S/C25H33ClFN7.C4H10.CH2O/c1-5-18(6-2)34-9-7-17(8-10-34)19-13-21(27)22(11-15(19)3)29-25-28-14-20(26)24(31-25)30-23-12-16(4)32-33-23;1-3-4-2;1-2/h11-14,17-18H,5-10H2,1-4H3,(H3,28,29,30,31,32,33);3-4H2,1-2H3;1H2. The van der Waals surface area contributed by atoms with E-state index in [4.69, 9.17) is 16.4 Å². The minimum Gasteiger partial charge on any atom is -0.322 e. The molecular formula is C30H45ClFN7O. The van der Waals surface area contributed by atoms with Crippen LogP contribution in [0.3, 0.4) is 0 Å². The molecule has 1 fully saturated rings. The maximum Gasteiger partial charge on any atom is 0.229 e. The van der Waals surface area contributed by atoms with Gasteiger partial charge in [0, 0.05) is 17.8 Å². The van der Waals surface area contributed by atoms with Crippen molar-refractivity contribution in [1.29, 1.82) is 0 Å². The number of aromatic amines is 1. The van der Waals surface area contributed by atoms with E-state index in [0.29, 0.717) is 34.3 Å². The van der Waals surface area contributed by atoms with Crippen molar-refractivity contribution in [2.75, 3.05) is 23.7 Å². The average Bonchev–Trinajstić information content (AvgIpc) is 3.39. The van der Waals surface area contributed by atoms with E-state index in [0.717, 1.165) is 42.8 Å². The van der Waals surface area contributed by atoms with Crippen LogP contribution in [0, 0.1) is 19.7 Å². The number of nitrogens with zero attached hydrogens (tertiary/aromatic N) is 4. The Labute approximate surface area is 243 Å². The van der Waals surface area contributed by atoms with E-state index in [1.165, 1.54) is 31.9 Å². The molecule has 3 heterocycles. The Kier molecular flexibility index (Phi) is 14.0. The zero-order chi connectivity index (χ0) is 29.7. The van der Waals surface area contributed by atoms with Gasteiger partial charge in [0.15, 0.2) is 11.6 Å². The molecule has 40 heavy (non-hydrogen) atoms. The quantitative estimate of drug-likeness (QED) is 0.238. The molecule has 0 saturated carbocycles. The highest BCUT2D eigenvalue weighted by Gasteiger charge is 2.26. The van der Waals surface area contributed by atoms with Crippen LogP contribution in [0.2, 0.25) is 5.02 Å². The van der Waals surface area contributed by atoms with Crippen LogP contribution in [-0.2, 0) is 4.79 Å². The molecule has 0 bridgehead atoms. The zero-order valence-electron chi connectivity index (χ0n) is 24.8. The lowest BCUT2D eigenvalue weighted by Gasteiger charge is -2.37. The topological polar surface area (TPSA) is 98.8 Å². The van der Waals surface area contributed by atoms with Gasteiger partial charge >= 0.3 is 0 Å². The molecule has 220 valence electrons. The van der Waals surface area contributed by atoms with E-state index in [-0.39, 0.29) is 11.8 Å². The zero-order valence-corrected chi connectivity index (χ0v) is 25.5. The average molecular weight is 574 g/mol. The van der Waals surface area contributed by atoms with Crippen LogP contribution < -0.4 is 10.6 Å². The van der Waals surface area contributed by atoms with Crippen LogP contribution in [0.5, 0.6) is 0 Å². The van der Waals surface area contributed by atoms with E-state index in [9.17, 15) is 0 Å². The summed E-state index contributed by atoms with van der Waals surface area (Å²) in [6, 6.07) is 6.01. The van der Waals surface area contributed by atoms with Crippen molar-refractivity contribution in [2.45, 2.75) is 92.0 Å². The monoisotopic (exact) mass is 573 g/mol. The van der Waals surface area contributed by atoms with Crippen molar-refractivity contribution in [1.82, 2.24) is 25.1 Å². The lowest BCUT2D eigenvalue weighted by Crippen LogP contribution is -2.40. The predicted octanol–water partition coefficient (Wildman–Crippen LogP) is 8.09. The van der Waals surface area contributed by atoms with Gasteiger partial charge in [-0.2, -0.15) is 10.1 Å². The van der Waals surface area contributed by atoms with Gasteiger partial charge < -0.3 is 20.3 Å². The predicted molar refractivity (Wildman–Crippen MR) is 164 cm³/mol. The smallest absolute Gasteiger partial charge is 0.229 e. The van der Waals surface area contributed by atoms with Crippen LogP contribution in [0.4, 0.5) is 27.7 Å². The fraction of sp³-hybridized carbons (Fsp3) is 0.533. The van der Waals surface area contributed by atoms with Gasteiger partial charge in [0.05, 0.1) is 11.9 Å². The summed E-state index contributed by atoms with van der Waals surface area (Å²) >= 11 is 6.24. The molecule has 1 aliphatic heterocycles. The van der Waals surface area contributed by atoms with Crippen molar-refractivity contribution in [2.24, 2.45) is 0 Å². The Balaban J connectivity index is 0.000000858. The Morgan fingerprint density at radius 2 is 1.73 bits per heavy atom. The van der Waals surface area contributed by atoms with E-state index < -0.39 is 0 Å². The number of likely N-dealkylation sites (tertiary alicyclic amines) is 1. The second kappa shape index (κ2) is 16.9. The second-order valence-corrected chi connectivity index (χ2v) is 10.5. The summed E-state index contributed by atoms with van der Waals surface area (Å²) in [7, 11) is 0. The van der Waals surface area contributed by atoms with Gasteiger partial charge in [-0.05, 0) is 81.8 Å².